The highest BCUT2D eigenvalue weighted by atomic mass is 16.5. The molecule has 328 valence electrons. The van der Waals surface area contributed by atoms with E-state index in [9.17, 15) is 38.4 Å². The van der Waals surface area contributed by atoms with Gasteiger partial charge in [-0.2, -0.15) is 0 Å². The van der Waals surface area contributed by atoms with E-state index < -0.39 is 71.7 Å². The fourth-order valence-corrected chi connectivity index (χ4v) is 4.48. The van der Waals surface area contributed by atoms with E-state index >= 15 is 0 Å². The summed E-state index contributed by atoms with van der Waals surface area (Å²) in [6.07, 6.45) is -1.83. The summed E-state index contributed by atoms with van der Waals surface area (Å²) in [6, 6.07) is -5.45. The molecule has 3 amide bonds. The van der Waals surface area contributed by atoms with Crippen LogP contribution in [-0.2, 0) is 62.0 Å². The first kappa shape index (κ1) is 52.7. The summed E-state index contributed by atoms with van der Waals surface area (Å²) < 4.78 is 26.2. The van der Waals surface area contributed by atoms with Crippen molar-refractivity contribution >= 4 is 47.6 Å². The van der Waals surface area contributed by atoms with Crippen LogP contribution >= 0.6 is 0 Å². The third-order valence-corrected chi connectivity index (χ3v) is 7.64. The van der Waals surface area contributed by atoms with Crippen LogP contribution in [0.4, 0.5) is 0 Å². The van der Waals surface area contributed by atoms with Crippen molar-refractivity contribution < 1.29 is 62.0 Å². The second kappa shape index (κ2) is 29.0. The first-order chi connectivity index (χ1) is 26.6. The predicted molar refractivity (Wildman–Crippen MR) is 210 cm³/mol. The van der Waals surface area contributed by atoms with Crippen molar-refractivity contribution in [3.05, 3.63) is 0 Å². The first-order valence-electron chi connectivity index (χ1n) is 20.1. The lowest BCUT2D eigenvalue weighted by atomic mass is 10.0. The summed E-state index contributed by atoms with van der Waals surface area (Å²) in [7, 11) is 0. The molecule has 0 radical (unpaired) electrons. The van der Waals surface area contributed by atoms with E-state index in [1.165, 1.54) is 0 Å². The Hall–Kier alpha value is -4.28. The number of nitrogens with one attached hydrogen (secondary N) is 3. The fourth-order valence-electron chi connectivity index (χ4n) is 4.48. The zero-order chi connectivity index (χ0) is 43.7. The zero-order valence-corrected chi connectivity index (χ0v) is 35.8. The van der Waals surface area contributed by atoms with Gasteiger partial charge in [0, 0.05) is 25.7 Å². The number of hydrogen-bond donors (Lipinski definition) is 4. The molecule has 0 aliphatic heterocycles. The molecule has 0 heterocycles. The summed E-state index contributed by atoms with van der Waals surface area (Å²) in [5.74, 6) is -5.61. The number of hydrogen-bond acceptors (Lipinski definition) is 14. The quantitative estimate of drug-likeness (QED) is 0.0627. The van der Waals surface area contributed by atoms with Gasteiger partial charge in [0.2, 0.25) is 17.7 Å². The Morgan fingerprint density at radius 2 is 0.649 bits per heavy atom. The van der Waals surface area contributed by atoms with Gasteiger partial charge in [-0.05, 0) is 55.3 Å². The maximum Gasteiger partial charge on any atom is 0.328 e. The highest BCUT2D eigenvalue weighted by Crippen LogP contribution is 2.11. The maximum atomic E-state index is 13.9. The van der Waals surface area contributed by atoms with E-state index in [4.69, 9.17) is 29.4 Å². The molecule has 17 nitrogen and oxygen atoms in total. The van der Waals surface area contributed by atoms with Crippen LogP contribution in [0.1, 0.15) is 121 Å². The molecule has 0 aromatic heterocycles. The fraction of sp³-hybridized carbons (Fsp3) is 0.800. The van der Waals surface area contributed by atoms with Crippen LogP contribution in [0.5, 0.6) is 0 Å². The van der Waals surface area contributed by atoms with E-state index in [-0.39, 0.29) is 114 Å². The zero-order valence-electron chi connectivity index (χ0n) is 35.8. The average Bonchev–Trinajstić information content (AvgIpc) is 3.13. The molecular weight excluding hydrogens is 744 g/mol. The number of amides is 3. The van der Waals surface area contributed by atoms with E-state index in [1.54, 1.807) is 0 Å². The Morgan fingerprint density at radius 1 is 0.386 bits per heavy atom. The molecule has 0 bridgehead atoms. The molecule has 4 atom stereocenters. The van der Waals surface area contributed by atoms with E-state index in [0.717, 1.165) is 0 Å². The van der Waals surface area contributed by atoms with Crippen LogP contribution < -0.4 is 21.7 Å². The Labute approximate surface area is 338 Å². The minimum atomic E-state index is -1.46. The van der Waals surface area contributed by atoms with Gasteiger partial charge in [0.15, 0.2) is 0 Å². The Balaban J connectivity index is 6.35. The van der Waals surface area contributed by atoms with Crippen LogP contribution in [-0.4, -0.2) is 105 Å². The molecule has 0 fully saturated rings. The number of carbonyl (C=O) groups excluding carboxylic acids is 8. The van der Waals surface area contributed by atoms with Gasteiger partial charge >= 0.3 is 29.8 Å². The molecular formula is C40H70N4O13. The van der Waals surface area contributed by atoms with Crippen molar-refractivity contribution in [1.29, 1.82) is 0 Å². The summed E-state index contributed by atoms with van der Waals surface area (Å²) in [5, 5.41) is 7.59. The molecule has 0 unspecified atom stereocenters. The lowest BCUT2D eigenvalue weighted by Crippen LogP contribution is -2.57. The monoisotopic (exact) mass is 814 g/mol. The molecule has 5 N–H and O–H groups in total. The Morgan fingerprint density at radius 3 is 0.982 bits per heavy atom. The van der Waals surface area contributed by atoms with Gasteiger partial charge in [-0.3, -0.25) is 33.6 Å². The van der Waals surface area contributed by atoms with Crippen molar-refractivity contribution in [3.8, 4) is 0 Å². The third-order valence-electron chi connectivity index (χ3n) is 7.64. The van der Waals surface area contributed by atoms with Crippen LogP contribution in [0.25, 0.3) is 0 Å². The predicted octanol–water partition coefficient (Wildman–Crippen LogP) is 2.88. The Bertz CT molecular complexity index is 1290. The van der Waals surface area contributed by atoms with Crippen molar-refractivity contribution in [1.82, 2.24) is 16.0 Å². The van der Waals surface area contributed by atoms with Gasteiger partial charge in [0.1, 0.15) is 18.1 Å². The summed E-state index contributed by atoms with van der Waals surface area (Å²) >= 11 is 0. The second-order valence-electron chi connectivity index (χ2n) is 16.3. The van der Waals surface area contributed by atoms with Crippen LogP contribution in [0.2, 0.25) is 0 Å². The summed E-state index contributed by atoms with van der Waals surface area (Å²) in [5.41, 5.74) is 6.06. The van der Waals surface area contributed by atoms with Crippen LogP contribution in [0.15, 0.2) is 0 Å². The minimum absolute atomic E-state index is 0.0336. The Kier molecular flexibility index (Phi) is 26.8. The first-order valence-corrected chi connectivity index (χ1v) is 20.1. The van der Waals surface area contributed by atoms with Crippen molar-refractivity contribution in [3.63, 3.8) is 0 Å². The van der Waals surface area contributed by atoms with E-state index in [1.807, 2.05) is 69.2 Å². The molecule has 0 aromatic carbocycles. The highest BCUT2D eigenvalue weighted by Gasteiger charge is 2.32. The maximum absolute atomic E-state index is 13.9. The SMILES string of the molecule is CC(C)COC(=O)CC[C@H](NC(=O)[C@H](CCC(=O)OCC(C)C)NC(=O)[C@@H](N)CCC(=O)OCC(C)C)C(=O)N[C@@H](CCC(=O)OCC(C)C)C(=O)OCC(C)C. The standard InChI is InChI=1S/C40H70N4O13/c1-24(2)19-53-33(45)15-11-29(41)37(49)42-30(12-16-34(46)54-20-25(3)4)38(50)43-31(13-17-35(47)55-21-26(5)6)39(51)44-32(40(52)57-23-28(9)10)14-18-36(48)56-22-27(7)8/h24-32H,11-23,41H2,1-10H3,(H,42,49)(H,43,50)(H,44,51)/t29-,30-,31-,32-/m0/s1. The van der Waals surface area contributed by atoms with Crippen LogP contribution in [0, 0.1) is 29.6 Å². The second-order valence-corrected chi connectivity index (χ2v) is 16.3. The largest absolute Gasteiger partial charge is 0.465 e. The molecule has 0 rings (SSSR count). The molecule has 57 heavy (non-hydrogen) atoms. The highest BCUT2D eigenvalue weighted by molar-refractivity contribution is 5.94. The normalized spacial score (nSPS) is 13.4. The number of nitrogens with two attached hydrogens (primary N) is 1. The summed E-state index contributed by atoms with van der Waals surface area (Å²) in [4.78, 5) is 104. The molecule has 0 spiro atoms. The number of rotatable bonds is 29. The molecule has 0 aromatic rings. The molecule has 0 aliphatic rings. The lowest BCUT2D eigenvalue weighted by molar-refractivity contribution is -0.151. The van der Waals surface area contributed by atoms with E-state index in [0.29, 0.717) is 0 Å². The minimum Gasteiger partial charge on any atom is -0.465 e. The van der Waals surface area contributed by atoms with Crippen molar-refractivity contribution in [2.75, 3.05) is 33.0 Å². The molecule has 17 heteroatoms. The number of ether oxygens (including phenoxy) is 5. The van der Waals surface area contributed by atoms with Gasteiger partial charge < -0.3 is 45.4 Å². The van der Waals surface area contributed by atoms with Crippen LogP contribution in [0.3, 0.4) is 0 Å². The molecule has 0 saturated carbocycles. The smallest absolute Gasteiger partial charge is 0.328 e. The topological polar surface area (TPSA) is 245 Å². The van der Waals surface area contributed by atoms with E-state index in [2.05, 4.69) is 16.0 Å². The van der Waals surface area contributed by atoms with Gasteiger partial charge in [-0.25, -0.2) is 4.79 Å². The third kappa shape index (κ3) is 27.1. The number of esters is 5. The molecule has 0 saturated heterocycles. The average molecular weight is 815 g/mol. The van der Waals surface area contributed by atoms with Crippen molar-refractivity contribution in [2.45, 2.75) is 145 Å². The number of carbonyl (C=O) groups is 8. The summed E-state index contributed by atoms with van der Waals surface area (Å²) in [6.45, 7) is 19.2. The molecule has 0 aliphatic carbocycles. The van der Waals surface area contributed by atoms with Gasteiger partial charge in [0.25, 0.3) is 0 Å². The van der Waals surface area contributed by atoms with Gasteiger partial charge in [0.05, 0.1) is 39.1 Å². The lowest BCUT2D eigenvalue weighted by Gasteiger charge is -2.26. The van der Waals surface area contributed by atoms with Gasteiger partial charge in [-0.1, -0.05) is 69.2 Å². The van der Waals surface area contributed by atoms with Gasteiger partial charge in [-0.15, -0.1) is 0 Å². The van der Waals surface area contributed by atoms with Crippen molar-refractivity contribution in [2.24, 2.45) is 35.3 Å².